The Morgan fingerprint density at radius 2 is 2.44 bits per heavy atom. The number of aliphatic hydroxyl groups excluding tert-OH is 1. The molecule has 0 bridgehead atoms. The van der Waals surface area contributed by atoms with Crippen molar-refractivity contribution in [3.05, 3.63) is 12.0 Å². The van der Waals surface area contributed by atoms with Crippen LogP contribution in [-0.4, -0.2) is 41.9 Å². The first kappa shape index (κ1) is 9.46. The highest BCUT2D eigenvalue weighted by molar-refractivity contribution is 5.47. The third kappa shape index (κ3) is 1.40. The van der Waals surface area contributed by atoms with Crippen molar-refractivity contribution in [2.75, 3.05) is 6.61 Å². The van der Waals surface area contributed by atoms with E-state index in [0.717, 1.165) is 31.0 Å². The van der Waals surface area contributed by atoms with Gasteiger partial charge in [-0.1, -0.05) is 0 Å². The molecule has 84 valence electrons. The number of nitrogens with one attached hydrogen (secondary N) is 1. The van der Waals surface area contributed by atoms with Gasteiger partial charge in [0.25, 0.3) is 0 Å². The van der Waals surface area contributed by atoms with Gasteiger partial charge in [-0.25, -0.2) is 0 Å². The fraction of sp³-hybridized carbons (Fsp3) is 0.556. The average molecular weight is 220 g/mol. The van der Waals surface area contributed by atoms with E-state index in [1.54, 1.807) is 6.20 Å². The zero-order valence-corrected chi connectivity index (χ0v) is 8.67. The topological polar surface area (TPSA) is 92.5 Å². The van der Waals surface area contributed by atoms with Crippen molar-refractivity contribution in [1.29, 1.82) is 0 Å². The Balaban J connectivity index is 2.00. The second kappa shape index (κ2) is 3.67. The van der Waals surface area contributed by atoms with Crippen LogP contribution in [0, 0.1) is 5.92 Å². The summed E-state index contributed by atoms with van der Waals surface area (Å²) < 4.78 is 2.02. The minimum Gasteiger partial charge on any atom is -0.396 e. The van der Waals surface area contributed by atoms with Crippen LogP contribution in [0.1, 0.15) is 12.2 Å². The summed E-state index contributed by atoms with van der Waals surface area (Å²) in [5, 5.41) is 27.8. The molecule has 0 saturated heterocycles. The lowest BCUT2D eigenvalue weighted by Crippen LogP contribution is -2.23. The molecule has 1 unspecified atom stereocenters. The van der Waals surface area contributed by atoms with Gasteiger partial charge in [-0.2, -0.15) is 15.4 Å². The molecule has 16 heavy (non-hydrogen) atoms. The van der Waals surface area contributed by atoms with E-state index in [4.69, 9.17) is 0 Å². The van der Waals surface area contributed by atoms with Crippen LogP contribution in [0.5, 0.6) is 0 Å². The molecule has 3 heterocycles. The normalized spacial score (nSPS) is 19.7. The van der Waals surface area contributed by atoms with E-state index < -0.39 is 0 Å². The first-order valence-corrected chi connectivity index (χ1v) is 5.27. The minimum absolute atomic E-state index is 0.204. The van der Waals surface area contributed by atoms with E-state index in [2.05, 4.69) is 25.6 Å². The fourth-order valence-corrected chi connectivity index (χ4v) is 2.04. The summed E-state index contributed by atoms with van der Waals surface area (Å²) in [6.07, 6.45) is 3.45. The Bertz CT molecular complexity index is 476. The Morgan fingerprint density at radius 3 is 3.19 bits per heavy atom. The number of H-pyrrole nitrogens is 1. The van der Waals surface area contributed by atoms with Crippen LogP contribution >= 0.6 is 0 Å². The Hall–Kier alpha value is -1.76. The molecule has 2 aromatic rings. The third-order valence-electron chi connectivity index (χ3n) is 2.95. The van der Waals surface area contributed by atoms with Gasteiger partial charge in [-0.05, 0) is 6.42 Å². The molecule has 3 rings (SSSR count). The van der Waals surface area contributed by atoms with Crippen molar-refractivity contribution in [3.63, 3.8) is 0 Å². The molecular weight excluding hydrogens is 208 g/mol. The minimum atomic E-state index is 0.204. The lowest BCUT2D eigenvalue weighted by molar-refractivity contribution is 0.191. The summed E-state index contributed by atoms with van der Waals surface area (Å²) in [5.41, 5.74) is 0.692. The van der Waals surface area contributed by atoms with Crippen LogP contribution in [0.3, 0.4) is 0 Å². The van der Waals surface area contributed by atoms with Crippen LogP contribution in [-0.2, 0) is 13.0 Å². The van der Waals surface area contributed by atoms with Crippen LogP contribution in [0.2, 0.25) is 0 Å². The van der Waals surface area contributed by atoms with Crippen molar-refractivity contribution in [2.45, 2.75) is 19.4 Å². The predicted molar refractivity (Wildman–Crippen MR) is 54.3 cm³/mol. The molecule has 0 spiro atoms. The molecule has 1 atom stereocenters. The quantitative estimate of drug-likeness (QED) is 0.719. The summed E-state index contributed by atoms with van der Waals surface area (Å²) in [5.74, 6) is 1.97. The van der Waals surface area contributed by atoms with E-state index in [-0.39, 0.29) is 12.5 Å². The van der Waals surface area contributed by atoms with Gasteiger partial charge < -0.3 is 9.67 Å². The van der Waals surface area contributed by atoms with Gasteiger partial charge in [0.15, 0.2) is 5.82 Å². The van der Waals surface area contributed by atoms with Gasteiger partial charge in [0.05, 0.1) is 6.20 Å². The number of fused-ring (bicyclic) bond motifs is 1. The maximum atomic E-state index is 9.19. The van der Waals surface area contributed by atoms with Gasteiger partial charge in [0.1, 0.15) is 11.5 Å². The maximum absolute atomic E-state index is 9.19. The van der Waals surface area contributed by atoms with Crippen LogP contribution in [0.15, 0.2) is 6.20 Å². The number of hydrogen-bond acceptors (Lipinski definition) is 5. The van der Waals surface area contributed by atoms with Crippen molar-refractivity contribution < 1.29 is 5.11 Å². The monoisotopic (exact) mass is 220 g/mol. The van der Waals surface area contributed by atoms with Gasteiger partial charge in [-0.3, -0.25) is 0 Å². The second-order valence-corrected chi connectivity index (χ2v) is 3.99. The number of aryl methyl sites for hydroxylation is 1. The molecule has 0 saturated carbocycles. The zero-order chi connectivity index (χ0) is 11.0. The summed E-state index contributed by atoms with van der Waals surface area (Å²) in [6, 6.07) is 0. The van der Waals surface area contributed by atoms with Gasteiger partial charge in [0.2, 0.25) is 0 Å². The second-order valence-electron chi connectivity index (χ2n) is 3.99. The number of rotatable bonds is 2. The molecule has 7 nitrogen and oxygen atoms in total. The standard InChI is InChI=1S/C9H12N6O/c16-5-6-1-2-8-12-13-9(15(8)4-6)7-3-10-14-11-7/h3,6,16H,1-2,4-5H2,(H,10,11,14). The lowest BCUT2D eigenvalue weighted by Gasteiger charge is -2.21. The van der Waals surface area contributed by atoms with E-state index in [0.29, 0.717) is 5.69 Å². The Morgan fingerprint density at radius 1 is 1.50 bits per heavy atom. The Labute approximate surface area is 91.5 Å². The molecule has 7 heteroatoms. The molecular formula is C9H12N6O. The number of aliphatic hydroxyl groups is 1. The average Bonchev–Trinajstić information content (AvgIpc) is 2.96. The molecule has 0 aromatic carbocycles. The fourth-order valence-electron chi connectivity index (χ4n) is 2.04. The van der Waals surface area contributed by atoms with Gasteiger partial charge >= 0.3 is 0 Å². The van der Waals surface area contributed by atoms with E-state index in [9.17, 15) is 5.11 Å². The summed E-state index contributed by atoms with van der Waals surface area (Å²) in [7, 11) is 0. The van der Waals surface area contributed by atoms with Gasteiger partial charge in [-0.15, -0.1) is 10.2 Å². The third-order valence-corrected chi connectivity index (χ3v) is 2.95. The molecule has 0 fully saturated rings. The molecule has 0 aliphatic carbocycles. The van der Waals surface area contributed by atoms with E-state index >= 15 is 0 Å². The van der Waals surface area contributed by atoms with Crippen LogP contribution in [0.25, 0.3) is 11.5 Å². The number of hydrogen-bond donors (Lipinski definition) is 2. The first-order valence-electron chi connectivity index (χ1n) is 5.27. The first-order chi connectivity index (χ1) is 7.88. The van der Waals surface area contributed by atoms with Crippen molar-refractivity contribution in [1.82, 2.24) is 30.2 Å². The highest BCUT2D eigenvalue weighted by Crippen LogP contribution is 2.23. The molecule has 2 N–H and O–H groups in total. The van der Waals surface area contributed by atoms with Crippen molar-refractivity contribution >= 4 is 0 Å². The largest absolute Gasteiger partial charge is 0.396 e. The van der Waals surface area contributed by atoms with Crippen molar-refractivity contribution in [2.24, 2.45) is 5.92 Å². The molecule has 1 aliphatic heterocycles. The zero-order valence-electron chi connectivity index (χ0n) is 8.67. The smallest absolute Gasteiger partial charge is 0.186 e. The van der Waals surface area contributed by atoms with E-state index in [1.165, 1.54) is 0 Å². The number of nitrogens with zero attached hydrogens (tertiary/aromatic N) is 5. The summed E-state index contributed by atoms with van der Waals surface area (Å²) in [6.45, 7) is 0.955. The predicted octanol–water partition coefficient (Wildman–Crippen LogP) is -0.382. The highest BCUT2D eigenvalue weighted by atomic mass is 16.3. The molecule has 0 radical (unpaired) electrons. The summed E-state index contributed by atoms with van der Waals surface area (Å²) in [4.78, 5) is 0. The van der Waals surface area contributed by atoms with Crippen LogP contribution < -0.4 is 0 Å². The Kier molecular flexibility index (Phi) is 2.17. The van der Waals surface area contributed by atoms with Crippen LogP contribution in [0.4, 0.5) is 0 Å². The van der Waals surface area contributed by atoms with E-state index in [1.807, 2.05) is 4.57 Å². The van der Waals surface area contributed by atoms with Gasteiger partial charge in [0, 0.05) is 25.5 Å². The number of aromatic nitrogens is 6. The summed E-state index contributed by atoms with van der Waals surface area (Å²) >= 11 is 0. The maximum Gasteiger partial charge on any atom is 0.186 e. The van der Waals surface area contributed by atoms with Crippen molar-refractivity contribution in [3.8, 4) is 11.5 Å². The molecule has 2 aromatic heterocycles. The molecule has 0 amide bonds. The highest BCUT2D eigenvalue weighted by Gasteiger charge is 2.23. The number of aromatic amines is 1. The SMILES string of the molecule is OCC1CCc2nnc(-c3cn[nH]n3)n2C1. The lowest BCUT2D eigenvalue weighted by atomic mass is 10.0. The molecule has 1 aliphatic rings.